The average molecular weight is 356 g/mol. The van der Waals surface area contributed by atoms with E-state index in [-0.39, 0.29) is 11.9 Å². The number of halogens is 3. The molecule has 3 heterocycles. The number of amides is 2. The molecule has 2 aromatic rings. The van der Waals surface area contributed by atoms with Crippen molar-refractivity contribution in [2.75, 3.05) is 18.9 Å². The maximum absolute atomic E-state index is 12.8. The zero-order valence-corrected chi connectivity index (χ0v) is 13.9. The van der Waals surface area contributed by atoms with Gasteiger partial charge < -0.3 is 14.8 Å². The molecule has 0 aromatic carbocycles. The van der Waals surface area contributed by atoms with Gasteiger partial charge in [0, 0.05) is 46.0 Å². The van der Waals surface area contributed by atoms with Crippen molar-refractivity contribution < 1.29 is 18.0 Å². The van der Waals surface area contributed by atoms with Gasteiger partial charge in [-0.25, -0.2) is 9.78 Å². The standard InChI is InChI=1S/C15H19F3N6O/c1-22(14(25)20-11-5-19-23(2)8-11)6-10-3-4-13-21-12(15(16,17)18)9-24(13)7-10/h5,8-10H,3-4,6-7H2,1-2H3,(H,20,25)/t10-/m1/s1. The minimum absolute atomic E-state index is 0.0763. The fourth-order valence-corrected chi connectivity index (χ4v) is 2.98. The first-order chi connectivity index (χ1) is 11.7. The highest BCUT2D eigenvalue weighted by Crippen LogP contribution is 2.30. The molecule has 25 heavy (non-hydrogen) atoms. The minimum atomic E-state index is -4.43. The Labute approximate surface area is 142 Å². The number of carbonyl (C=O) groups is 1. The molecule has 136 valence electrons. The van der Waals surface area contributed by atoms with Gasteiger partial charge in [0.1, 0.15) is 5.82 Å². The van der Waals surface area contributed by atoms with Gasteiger partial charge in [0.15, 0.2) is 5.69 Å². The number of anilines is 1. The molecule has 0 unspecified atom stereocenters. The lowest BCUT2D eigenvalue weighted by Gasteiger charge is -2.28. The van der Waals surface area contributed by atoms with E-state index in [1.54, 1.807) is 35.7 Å². The second kappa shape index (κ2) is 6.41. The van der Waals surface area contributed by atoms with Crippen LogP contribution in [0.15, 0.2) is 18.6 Å². The lowest BCUT2D eigenvalue weighted by atomic mass is 9.99. The molecular weight excluding hydrogens is 337 g/mol. The summed E-state index contributed by atoms with van der Waals surface area (Å²) in [6, 6.07) is -0.277. The molecule has 0 saturated carbocycles. The van der Waals surface area contributed by atoms with Gasteiger partial charge in [-0.1, -0.05) is 0 Å². The van der Waals surface area contributed by atoms with E-state index in [1.165, 1.54) is 4.90 Å². The van der Waals surface area contributed by atoms with Crippen LogP contribution in [0, 0.1) is 5.92 Å². The fourth-order valence-electron chi connectivity index (χ4n) is 2.98. The summed E-state index contributed by atoms with van der Waals surface area (Å²) < 4.78 is 41.4. The topological polar surface area (TPSA) is 68.0 Å². The molecule has 2 amide bonds. The molecule has 0 radical (unpaired) electrons. The lowest BCUT2D eigenvalue weighted by molar-refractivity contribution is -0.141. The zero-order chi connectivity index (χ0) is 18.2. The quantitative estimate of drug-likeness (QED) is 0.918. The Bertz CT molecular complexity index is 766. The van der Waals surface area contributed by atoms with Crippen molar-refractivity contribution in [2.45, 2.75) is 25.6 Å². The predicted molar refractivity (Wildman–Crippen MR) is 83.9 cm³/mol. The molecule has 1 atom stereocenters. The maximum Gasteiger partial charge on any atom is 0.434 e. The van der Waals surface area contributed by atoms with Gasteiger partial charge in [-0.3, -0.25) is 4.68 Å². The molecule has 2 aromatic heterocycles. The molecule has 3 rings (SSSR count). The monoisotopic (exact) mass is 356 g/mol. The molecule has 0 aliphatic carbocycles. The molecule has 10 heteroatoms. The number of hydrogen-bond acceptors (Lipinski definition) is 3. The van der Waals surface area contributed by atoms with E-state index in [0.29, 0.717) is 37.4 Å². The molecular formula is C15H19F3N6O. The Kier molecular flexibility index (Phi) is 4.44. The first kappa shape index (κ1) is 17.3. The van der Waals surface area contributed by atoms with Gasteiger partial charge >= 0.3 is 12.2 Å². The molecule has 7 nitrogen and oxygen atoms in total. The van der Waals surface area contributed by atoms with Crippen LogP contribution < -0.4 is 5.32 Å². The largest absolute Gasteiger partial charge is 0.434 e. The van der Waals surface area contributed by atoms with E-state index in [9.17, 15) is 18.0 Å². The number of fused-ring (bicyclic) bond motifs is 1. The van der Waals surface area contributed by atoms with E-state index in [0.717, 1.165) is 6.20 Å². The summed E-state index contributed by atoms with van der Waals surface area (Å²) in [4.78, 5) is 17.4. The van der Waals surface area contributed by atoms with Crippen molar-refractivity contribution in [1.82, 2.24) is 24.2 Å². The number of aromatic nitrogens is 4. The number of nitrogens with one attached hydrogen (secondary N) is 1. The number of urea groups is 1. The highest BCUT2D eigenvalue weighted by Gasteiger charge is 2.36. The van der Waals surface area contributed by atoms with Gasteiger partial charge in [-0.15, -0.1) is 0 Å². The van der Waals surface area contributed by atoms with E-state index >= 15 is 0 Å². The van der Waals surface area contributed by atoms with Crippen LogP contribution in [-0.2, 0) is 26.2 Å². The highest BCUT2D eigenvalue weighted by molar-refractivity contribution is 5.88. The molecule has 0 saturated heterocycles. The number of aryl methyl sites for hydroxylation is 2. The summed E-state index contributed by atoms with van der Waals surface area (Å²) in [5.41, 5.74) is -0.263. The smallest absolute Gasteiger partial charge is 0.334 e. The van der Waals surface area contributed by atoms with Crippen LogP contribution in [-0.4, -0.2) is 43.9 Å². The van der Waals surface area contributed by atoms with Crippen LogP contribution in [0.5, 0.6) is 0 Å². The van der Waals surface area contributed by atoms with Gasteiger partial charge in [-0.05, 0) is 12.3 Å². The Morgan fingerprint density at radius 3 is 2.84 bits per heavy atom. The van der Waals surface area contributed by atoms with E-state index in [2.05, 4.69) is 15.4 Å². The van der Waals surface area contributed by atoms with Crippen molar-refractivity contribution in [3.05, 3.63) is 30.1 Å². The fraction of sp³-hybridized carbons (Fsp3) is 0.533. The molecule has 1 aliphatic rings. The Morgan fingerprint density at radius 2 is 2.20 bits per heavy atom. The minimum Gasteiger partial charge on any atom is -0.334 e. The van der Waals surface area contributed by atoms with Crippen molar-refractivity contribution >= 4 is 11.7 Å². The van der Waals surface area contributed by atoms with E-state index < -0.39 is 11.9 Å². The second-order valence-corrected chi connectivity index (χ2v) is 6.31. The summed E-state index contributed by atoms with van der Waals surface area (Å²) in [5.74, 6) is 0.526. The van der Waals surface area contributed by atoms with Gasteiger partial charge in [0.25, 0.3) is 0 Å². The Morgan fingerprint density at radius 1 is 1.44 bits per heavy atom. The second-order valence-electron chi connectivity index (χ2n) is 6.31. The van der Waals surface area contributed by atoms with Crippen molar-refractivity contribution in [2.24, 2.45) is 13.0 Å². The third kappa shape index (κ3) is 3.94. The Hall–Kier alpha value is -2.52. The summed E-state index contributed by atoms with van der Waals surface area (Å²) in [5, 5.41) is 6.70. The summed E-state index contributed by atoms with van der Waals surface area (Å²) >= 11 is 0. The predicted octanol–water partition coefficient (Wildman–Crippen LogP) is 2.36. The van der Waals surface area contributed by atoms with Gasteiger partial charge in [0.2, 0.25) is 0 Å². The number of alkyl halides is 3. The lowest BCUT2D eigenvalue weighted by Crippen LogP contribution is -2.37. The average Bonchev–Trinajstić information content (AvgIpc) is 3.12. The number of hydrogen-bond donors (Lipinski definition) is 1. The molecule has 0 spiro atoms. The number of rotatable bonds is 3. The van der Waals surface area contributed by atoms with Crippen molar-refractivity contribution in [1.29, 1.82) is 0 Å². The van der Waals surface area contributed by atoms with Gasteiger partial charge in [0.05, 0.1) is 11.9 Å². The van der Waals surface area contributed by atoms with Crippen LogP contribution in [0.2, 0.25) is 0 Å². The van der Waals surface area contributed by atoms with E-state index in [4.69, 9.17) is 0 Å². The third-order valence-corrected chi connectivity index (χ3v) is 4.22. The van der Waals surface area contributed by atoms with Crippen molar-refractivity contribution in [3.63, 3.8) is 0 Å². The molecule has 1 N–H and O–H groups in total. The maximum atomic E-state index is 12.8. The SMILES string of the molecule is CN(C[C@H]1CCc2nc(C(F)(F)F)cn2C1)C(=O)Nc1cnn(C)c1. The first-order valence-corrected chi connectivity index (χ1v) is 7.86. The highest BCUT2D eigenvalue weighted by atomic mass is 19.4. The van der Waals surface area contributed by atoms with Crippen molar-refractivity contribution in [3.8, 4) is 0 Å². The van der Waals surface area contributed by atoms with Crippen LogP contribution >= 0.6 is 0 Å². The number of nitrogens with zero attached hydrogens (tertiary/aromatic N) is 5. The molecule has 0 bridgehead atoms. The van der Waals surface area contributed by atoms with E-state index in [1.807, 2.05) is 0 Å². The number of imidazole rings is 1. The summed E-state index contributed by atoms with van der Waals surface area (Å²) in [7, 11) is 3.41. The van der Waals surface area contributed by atoms with Crippen LogP contribution in [0.1, 0.15) is 17.9 Å². The third-order valence-electron chi connectivity index (χ3n) is 4.22. The normalized spacial score (nSPS) is 17.2. The molecule has 1 aliphatic heterocycles. The van der Waals surface area contributed by atoms with Gasteiger partial charge in [-0.2, -0.15) is 18.3 Å². The van der Waals surface area contributed by atoms with Crippen LogP contribution in [0.4, 0.5) is 23.7 Å². The molecule has 0 fully saturated rings. The summed E-state index contributed by atoms with van der Waals surface area (Å²) in [6.07, 6.45) is 1.01. The summed E-state index contributed by atoms with van der Waals surface area (Å²) in [6.45, 7) is 0.869. The zero-order valence-electron chi connectivity index (χ0n) is 13.9. The van der Waals surface area contributed by atoms with Crippen LogP contribution in [0.25, 0.3) is 0 Å². The van der Waals surface area contributed by atoms with Crippen LogP contribution in [0.3, 0.4) is 0 Å². The number of carbonyl (C=O) groups excluding carboxylic acids is 1. The Balaban J connectivity index is 1.58. The first-order valence-electron chi connectivity index (χ1n) is 7.86.